The maximum absolute atomic E-state index is 15.5. The van der Waals surface area contributed by atoms with E-state index in [9.17, 15) is 14.7 Å². The molecule has 1 aliphatic carbocycles. The summed E-state index contributed by atoms with van der Waals surface area (Å²) in [6.07, 6.45) is 2.46. The third-order valence-corrected chi connectivity index (χ3v) is 7.30. The fourth-order valence-corrected chi connectivity index (χ4v) is 4.92. The van der Waals surface area contributed by atoms with Crippen LogP contribution >= 0.6 is 0 Å². The average molecular weight is 510 g/mol. The quantitative estimate of drug-likeness (QED) is 0.450. The van der Waals surface area contributed by atoms with E-state index < -0.39 is 11.9 Å². The minimum Gasteiger partial charge on any atom is -0.492 e. The van der Waals surface area contributed by atoms with Gasteiger partial charge in [0.25, 0.3) is 11.8 Å². The van der Waals surface area contributed by atoms with Gasteiger partial charge in [-0.2, -0.15) is 0 Å². The number of rotatable bonds is 7. The Hall–Kier alpha value is -3.53. The van der Waals surface area contributed by atoms with Gasteiger partial charge in [-0.05, 0) is 57.1 Å². The Morgan fingerprint density at radius 1 is 1.27 bits per heavy atom. The molecule has 2 unspecified atom stereocenters. The predicted molar refractivity (Wildman–Crippen MR) is 136 cm³/mol. The Kier molecular flexibility index (Phi) is 6.61. The zero-order valence-electron chi connectivity index (χ0n) is 21.5. The van der Waals surface area contributed by atoms with Crippen molar-refractivity contribution in [2.75, 3.05) is 19.7 Å². The highest BCUT2D eigenvalue weighted by atomic mass is 19.1. The molecule has 2 aliphatic rings. The van der Waals surface area contributed by atoms with Crippen molar-refractivity contribution in [2.45, 2.75) is 52.7 Å². The van der Waals surface area contributed by atoms with Gasteiger partial charge in [0.1, 0.15) is 35.2 Å². The molecule has 2 aromatic heterocycles. The Labute approximate surface area is 214 Å². The number of H-pyrrole nitrogens is 1. The number of aryl methyl sites for hydroxylation is 2. The maximum atomic E-state index is 15.5. The molecule has 196 valence electrons. The maximum Gasteiger partial charge on any atom is 0.255 e. The third-order valence-electron chi connectivity index (χ3n) is 7.30. The van der Waals surface area contributed by atoms with Crippen LogP contribution in [-0.2, 0) is 4.79 Å². The summed E-state index contributed by atoms with van der Waals surface area (Å²) in [5, 5.41) is 12.7. The summed E-state index contributed by atoms with van der Waals surface area (Å²) in [7, 11) is 0. The summed E-state index contributed by atoms with van der Waals surface area (Å²) in [5.41, 5.74) is 2.81. The fraction of sp³-hybridized carbons (Fsp3) is 0.481. The number of benzene rings is 1. The van der Waals surface area contributed by atoms with Crippen molar-refractivity contribution in [3.05, 3.63) is 41.1 Å². The number of aromatic nitrogens is 3. The largest absolute Gasteiger partial charge is 0.492 e. The molecule has 3 heterocycles. The molecule has 0 radical (unpaired) electrons. The number of nitrogens with one attached hydrogen (secondary N) is 2. The molecule has 1 saturated carbocycles. The van der Waals surface area contributed by atoms with Gasteiger partial charge in [-0.1, -0.05) is 13.0 Å². The summed E-state index contributed by atoms with van der Waals surface area (Å²) in [6.45, 7) is 8.12. The number of likely N-dealkylation sites (tertiary alicyclic amines) is 1. The molecule has 37 heavy (non-hydrogen) atoms. The number of nitrogens with zero attached hydrogens (tertiary/aromatic N) is 3. The van der Waals surface area contributed by atoms with E-state index in [1.807, 2.05) is 6.92 Å². The number of hydrogen-bond donors (Lipinski definition) is 3. The van der Waals surface area contributed by atoms with Crippen molar-refractivity contribution in [3.63, 3.8) is 0 Å². The first-order valence-electron chi connectivity index (χ1n) is 12.7. The number of carbonyl (C=O) groups is 2. The van der Waals surface area contributed by atoms with Crippen LogP contribution in [-0.4, -0.2) is 68.6 Å². The lowest BCUT2D eigenvalue weighted by molar-refractivity contribution is -0.138. The van der Waals surface area contributed by atoms with Crippen LogP contribution in [0.15, 0.2) is 18.5 Å². The predicted octanol–water partition coefficient (Wildman–Crippen LogP) is 3.13. The number of carbonyl (C=O) groups excluding carboxylic acids is 2. The van der Waals surface area contributed by atoms with Crippen LogP contribution < -0.4 is 10.1 Å². The first-order chi connectivity index (χ1) is 17.7. The van der Waals surface area contributed by atoms with Gasteiger partial charge in [0.2, 0.25) is 0 Å². The first kappa shape index (κ1) is 25.1. The van der Waals surface area contributed by atoms with Crippen molar-refractivity contribution in [1.29, 1.82) is 0 Å². The molecule has 3 atom stereocenters. The van der Waals surface area contributed by atoms with E-state index in [1.54, 1.807) is 30.9 Å². The number of amides is 2. The highest BCUT2D eigenvalue weighted by Crippen LogP contribution is 2.39. The van der Waals surface area contributed by atoms with Crippen LogP contribution in [0.3, 0.4) is 0 Å². The van der Waals surface area contributed by atoms with Gasteiger partial charge >= 0.3 is 0 Å². The van der Waals surface area contributed by atoms with Crippen molar-refractivity contribution in [3.8, 4) is 17.0 Å². The number of fused-ring (bicyclic) bond motifs is 1. The van der Waals surface area contributed by atoms with Gasteiger partial charge in [-0.25, -0.2) is 14.4 Å². The molecule has 0 spiro atoms. The number of aromatic amines is 1. The summed E-state index contributed by atoms with van der Waals surface area (Å²) < 4.78 is 21.5. The molecule has 2 amide bonds. The highest BCUT2D eigenvalue weighted by molar-refractivity contribution is 6.09. The molecular weight excluding hydrogens is 477 g/mol. The monoisotopic (exact) mass is 509 g/mol. The highest BCUT2D eigenvalue weighted by Gasteiger charge is 2.35. The Bertz CT molecular complexity index is 1370. The summed E-state index contributed by atoms with van der Waals surface area (Å²) in [5.74, 6) is -0.203. The number of aliphatic hydroxyl groups excluding tert-OH is 1. The number of aliphatic hydroxyl groups is 1. The molecule has 1 saturated heterocycles. The second-order valence-corrected chi connectivity index (χ2v) is 10.4. The van der Waals surface area contributed by atoms with E-state index in [0.717, 1.165) is 12.8 Å². The molecule has 3 N–H and O–H groups in total. The molecule has 9 nitrogen and oxygen atoms in total. The lowest BCUT2D eigenvalue weighted by Gasteiger charge is -2.18. The van der Waals surface area contributed by atoms with Crippen LogP contribution in [0, 0.1) is 31.5 Å². The van der Waals surface area contributed by atoms with Crippen LogP contribution in [0.4, 0.5) is 4.39 Å². The molecule has 0 bridgehead atoms. The minimum atomic E-state index is -1.09. The first-order valence-corrected chi connectivity index (χ1v) is 12.7. The summed E-state index contributed by atoms with van der Waals surface area (Å²) >= 11 is 0. The second-order valence-electron chi connectivity index (χ2n) is 10.4. The van der Waals surface area contributed by atoms with Crippen molar-refractivity contribution >= 4 is 22.8 Å². The zero-order chi connectivity index (χ0) is 26.4. The van der Waals surface area contributed by atoms with E-state index in [1.165, 1.54) is 13.3 Å². The number of hydrogen-bond acceptors (Lipinski definition) is 6. The molecule has 3 aromatic rings. The lowest BCUT2D eigenvalue weighted by Crippen LogP contribution is -2.42. The number of ether oxygens (including phenoxy) is 1. The van der Waals surface area contributed by atoms with E-state index in [-0.39, 0.29) is 29.3 Å². The Balaban J connectivity index is 1.47. The van der Waals surface area contributed by atoms with E-state index in [0.29, 0.717) is 64.9 Å². The molecule has 5 rings (SSSR count). The molecule has 10 heteroatoms. The summed E-state index contributed by atoms with van der Waals surface area (Å²) in [6, 6.07) is 3.17. The third kappa shape index (κ3) is 4.77. The van der Waals surface area contributed by atoms with Crippen LogP contribution in [0.1, 0.15) is 48.3 Å². The minimum absolute atomic E-state index is 0.00918. The molecule has 1 aliphatic heterocycles. The van der Waals surface area contributed by atoms with Crippen LogP contribution in [0.2, 0.25) is 0 Å². The van der Waals surface area contributed by atoms with Crippen LogP contribution in [0.5, 0.6) is 5.75 Å². The summed E-state index contributed by atoms with van der Waals surface area (Å²) in [4.78, 5) is 39.2. The number of halogens is 1. The van der Waals surface area contributed by atoms with E-state index in [2.05, 4.69) is 20.3 Å². The Morgan fingerprint density at radius 3 is 2.73 bits per heavy atom. The fourth-order valence-electron chi connectivity index (χ4n) is 4.92. The van der Waals surface area contributed by atoms with Gasteiger partial charge in [-0.3, -0.25) is 9.59 Å². The van der Waals surface area contributed by atoms with E-state index >= 15 is 4.39 Å². The zero-order valence-corrected chi connectivity index (χ0v) is 21.5. The topological polar surface area (TPSA) is 120 Å². The average Bonchev–Trinajstić information content (AvgIpc) is 3.53. The second kappa shape index (κ2) is 9.74. The standard InChI is InChI=1S/C27H32FN5O4/c1-13-5-8-19(37-11-17-6-7-17)21(22(13)28)24-25-23(29-12-30-24)20(15(3)31-25)26(35)32-18-10-33(9-14(18)2)27(36)16(4)34/h5,8,12,14,16-18,31,34H,6-7,9-11H2,1-4H3,(H,32,35)/t14?,16-,18?/m0/s1. The Morgan fingerprint density at radius 2 is 2.03 bits per heavy atom. The lowest BCUT2D eigenvalue weighted by atomic mass is 10.0. The van der Waals surface area contributed by atoms with Crippen molar-refractivity contribution < 1.29 is 23.8 Å². The van der Waals surface area contributed by atoms with Gasteiger partial charge in [0.05, 0.1) is 29.3 Å². The molecule has 2 fully saturated rings. The van der Waals surface area contributed by atoms with Gasteiger partial charge in [-0.15, -0.1) is 0 Å². The van der Waals surface area contributed by atoms with Crippen LogP contribution in [0.25, 0.3) is 22.3 Å². The van der Waals surface area contributed by atoms with E-state index in [4.69, 9.17) is 4.74 Å². The van der Waals surface area contributed by atoms with Gasteiger partial charge in [0.15, 0.2) is 0 Å². The van der Waals surface area contributed by atoms with Crippen molar-refractivity contribution in [1.82, 2.24) is 25.2 Å². The normalized spacial score (nSPS) is 20.3. The molecule has 1 aromatic carbocycles. The van der Waals surface area contributed by atoms with Gasteiger partial charge < -0.3 is 25.0 Å². The molecular formula is C27H32FN5O4. The smallest absolute Gasteiger partial charge is 0.255 e. The SMILES string of the molecule is Cc1ccc(OCC2CC2)c(-c2ncnc3c(C(=O)NC4CN(C(=O)[C@H](C)O)CC4C)c(C)[nH]c23)c1F. The van der Waals surface area contributed by atoms with Gasteiger partial charge in [0, 0.05) is 18.8 Å². The van der Waals surface area contributed by atoms with Crippen molar-refractivity contribution in [2.24, 2.45) is 11.8 Å².